The largest absolute Gasteiger partial charge is 0.326 e. The summed E-state index contributed by atoms with van der Waals surface area (Å²) in [5.74, 6) is -0.357. The number of sulfonamides is 1. The van der Waals surface area contributed by atoms with E-state index in [-0.39, 0.29) is 17.2 Å². The third kappa shape index (κ3) is 3.83. The van der Waals surface area contributed by atoms with E-state index in [1.165, 1.54) is 28.8 Å². The predicted octanol–water partition coefficient (Wildman–Crippen LogP) is 1.62. The number of nitrogens with one attached hydrogen (secondary N) is 2. The number of nitrogens with two attached hydrogens (primary N) is 1. The first-order valence-electron chi connectivity index (χ1n) is 9.03. The average molecular weight is 493 g/mol. The smallest absolute Gasteiger partial charge is 0.317 e. The Morgan fingerprint density at radius 3 is 2.60 bits per heavy atom. The van der Waals surface area contributed by atoms with E-state index in [1.807, 2.05) is 6.07 Å². The van der Waals surface area contributed by atoms with Crippen LogP contribution in [0.15, 0.2) is 55.4 Å². The molecule has 0 saturated heterocycles. The Labute approximate surface area is 179 Å². The van der Waals surface area contributed by atoms with Gasteiger partial charge in [-0.3, -0.25) is 19.0 Å². The quantitative estimate of drug-likeness (QED) is 0.473. The van der Waals surface area contributed by atoms with E-state index in [2.05, 4.69) is 26.2 Å². The number of rotatable bonds is 4. The molecule has 0 radical (unpaired) electrons. The summed E-state index contributed by atoms with van der Waals surface area (Å²) >= 11 is 3.41. The van der Waals surface area contributed by atoms with Crippen LogP contribution in [0.3, 0.4) is 0 Å². The Kier molecular flexibility index (Phi) is 5.12. The number of anilines is 1. The number of hydrogen-bond donors (Lipinski definition) is 3. The molecule has 0 aliphatic carbocycles. The van der Waals surface area contributed by atoms with E-state index in [1.54, 1.807) is 6.07 Å². The second kappa shape index (κ2) is 7.49. The molecule has 0 spiro atoms. The molecule has 156 valence electrons. The minimum atomic E-state index is -3.82. The van der Waals surface area contributed by atoms with Crippen LogP contribution in [0.25, 0.3) is 11.0 Å². The molecule has 4 N–H and O–H groups in total. The van der Waals surface area contributed by atoms with Crippen LogP contribution < -0.4 is 21.6 Å². The zero-order valence-corrected chi connectivity index (χ0v) is 17.9. The van der Waals surface area contributed by atoms with Crippen LogP contribution in [0.4, 0.5) is 5.69 Å². The minimum absolute atomic E-state index is 0.00902. The zero-order chi connectivity index (χ0) is 21.6. The molecule has 0 saturated carbocycles. The molecule has 1 unspecified atom stereocenters. The van der Waals surface area contributed by atoms with E-state index in [0.717, 1.165) is 10.0 Å². The maximum Gasteiger partial charge on any atom is 0.317 e. The fourth-order valence-electron chi connectivity index (χ4n) is 3.76. The molecule has 2 aromatic carbocycles. The molecule has 0 fully saturated rings. The molecule has 0 bridgehead atoms. The number of amides is 1. The molecule has 4 rings (SSSR count). The molecule has 2 heterocycles. The monoisotopic (exact) mass is 492 g/mol. The van der Waals surface area contributed by atoms with Gasteiger partial charge in [-0.15, -0.1) is 0 Å². The highest BCUT2D eigenvalue weighted by molar-refractivity contribution is 9.10. The number of primary sulfonamides is 1. The Morgan fingerprint density at radius 2 is 1.93 bits per heavy atom. The van der Waals surface area contributed by atoms with Gasteiger partial charge in [0, 0.05) is 22.6 Å². The van der Waals surface area contributed by atoms with E-state index < -0.39 is 27.2 Å². The third-order valence-electron chi connectivity index (χ3n) is 5.06. The van der Waals surface area contributed by atoms with Gasteiger partial charge in [-0.25, -0.2) is 13.6 Å². The molecule has 9 nitrogen and oxygen atoms in total. The number of nitrogens with zero attached hydrogens (tertiary/aromatic N) is 1. The van der Waals surface area contributed by atoms with Crippen molar-refractivity contribution >= 4 is 48.6 Å². The topological polar surface area (TPSA) is 144 Å². The molecular weight excluding hydrogens is 476 g/mol. The molecular formula is C19H17BrN4O5S. The first-order valence-corrected chi connectivity index (χ1v) is 11.4. The molecule has 1 aromatic heterocycles. The molecule has 30 heavy (non-hydrogen) atoms. The van der Waals surface area contributed by atoms with Gasteiger partial charge in [-0.1, -0.05) is 15.9 Å². The van der Waals surface area contributed by atoms with Gasteiger partial charge < -0.3 is 10.3 Å². The number of carbonyl (C=O) groups excluding carboxylic acids is 1. The lowest BCUT2D eigenvalue weighted by Gasteiger charge is -2.27. The van der Waals surface area contributed by atoms with Crippen LogP contribution in [-0.2, 0) is 21.2 Å². The van der Waals surface area contributed by atoms with E-state index in [4.69, 9.17) is 5.14 Å². The maximum atomic E-state index is 12.6. The summed E-state index contributed by atoms with van der Waals surface area (Å²) < 4.78 is 24.9. The van der Waals surface area contributed by atoms with E-state index in [0.29, 0.717) is 29.6 Å². The van der Waals surface area contributed by atoms with Crippen molar-refractivity contribution in [1.82, 2.24) is 9.55 Å². The lowest BCUT2D eigenvalue weighted by atomic mass is 9.96. The lowest BCUT2D eigenvalue weighted by molar-refractivity contribution is -0.117. The molecule has 1 aliphatic heterocycles. The highest BCUT2D eigenvalue weighted by Gasteiger charge is 2.26. The summed E-state index contributed by atoms with van der Waals surface area (Å²) in [6, 6.07) is 8.62. The number of aromatic amines is 1. The van der Waals surface area contributed by atoms with Crippen molar-refractivity contribution in [2.75, 3.05) is 5.32 Å². The van der Waals surface area contributed by atoms with Crippen LogP contribution in [-0.4, -0.2) is 23.9 Å². The summed E-state index contributed by atoms with van der Waals surface area (Å²) in [7, 11) is -3.82. The Balaban J connectivity index is 1.62. The standard InChI is InChI=1S/C19H17BrN4O5S/c20-11-7-10-1-4-13(24-17(10)15(8-11)23-18(26)19(24)27)9-16(25)22-12-2-5-14(6-3-12)30(21,28)29/h2-3,5-8,13H,1,4,9H2,(H,22,25)(H,23,26)(H2,21,28,29). The number of hydrogen-bond acceptors (Lipinski definition) is 5. The third-order valence-corrected chi connectivity index (χ3v) is 6.44. The predicted molar refractivity (Wildman–Crippen MR) is 115 cm³/mol. The van der Waals surface area contributed by atoms with Crippen molar-refractivity contribution < 1.29 is 13.2 Å². The first kappa shape index (κ1) is 20.5. The van der Waals surface area contributed by atoms with Gasteiger partial charge >= 0.3 is 11.1 Å². The number of H-pyrrole nitrogens is 1. The molecule has 3 aromatic rings. The SMILES string of the molecule is NS(=O)(=O)c1ccc(NC(=O)CC2CCc3cc(Br)cc4[nH]c(=O)c(=O)n2c34)cc1. The second-order valence-electron chi connectivity index (χ2n) is 7.10. The van der Waals surface area contributed by atoms with Crippen molar-refractivity contribution in [3.63, 3.8) is 0 Å². The van der Waals surface area contributed by atoms with Crippen molar-refractivity contribution in [2.45, 2.75) is 30.2 Å². The average Bonchev–Trinajstić information content (AvgIpc) is 2.66. The number of benzene rings is 2. The zero-order valence-electron chi connectivity index (χ0n) is 15.5. The summed E-state index contributed by atoms with van der Waals surface area (Å²) in [4.78, 5) is 39.8. The minimum Gasteiger partial charge on any atom is -0.326 e. The van der Waals surface area contributed by atoms with E-state index in [9.17, 15) is 22.8 Å². The molecule has 11 heteroatoms. The lowest BCUT2D eigenvalue weighted by Crippen LogP contribution is -2.41. The first-order chi connectivity index (χ1) is 14.1. The fraction of sp³-hybridized carbons (Fsp3) is 0.211. The van der Waals surface area contributed by atoms with Gasteiger partial charge in [0.25, 0.3) is 0 Å². The fourth-order valence-corrected chi connectivity index (χ4v) is 4.78. The van der Waals surface area contributed by atoms with Gasteiger partial charge in [-0.2, -0.15) is 0 Å². The number of carbonyl (C=O) groups is 1. The Hall–Kier alpha value is -2.76. The van der Waals surface area contributed by atoms with Crippen molar-refractivity contribution in [3.8, 4) is 0 Å². The highest BCUT2D eigenvalue weighted by Crippen LogP contribution is 2.32. The molecule has 1 atom stereocenters. The number of halogens is 1. The van der Waals surface area contributed by atoms with Crippen LogP contribution in [0, 0.1) is 0 Å². The van der Waals surface area contributed by atoms with Gasteiger partial charge in [0.2, 0.25) is 15.9 Å². The van der Waals surface area contributed by atoms with Gasteiger partial charge in [0.1, 0.15) is 0 Å². The van der Waals surface area contributed by atoms with Crippen molar-refractivity contribution in [1.29, 1.82) is 0 Å². The normalized spacial score (nSPS) is 15.9. The Morgan fingerprint density at radius 1 is 1.23 bits per heavy atom. The summed E-state index contributed by atoms with van der Waals surface area (Å²) in [6.07, 6.45) is 1.17. The van der Waals surface area contributed by atoms with Crippen LogP contribution in [0.5, 0.6) is 0 Å². The Bertz CT molecular complexity index is 1390. The van der Waals surface area contributed by atoms with Gasteiger partial charge in [0.05, 0.1) is 15.9 Å². The van der Waals surface area contributed by atoms with Gasteiger partial charge in [0.15, 0.2) is 0 Å². The molecule has 1 amide bonds. The van der Waals surface area contributed by atoms with Gasteiger partial charge in [-0.05, 0) is 54.8 Å². The number of aromatic nitrogens is 2. The van der Waals surface area contributed by atoms with Crippen molar-refractivity contribution in [3.05, 3.63) is 67.1 Å². The number of aryl methyl sites for hydroxylation is 1. The summed E-state index contributed by atoms with van der Waals surface area (Å²) in [5, 5.41) is 7.75. The molecule has 1 aliphatic rings. The van der Waals surface area contributed by atoms with Crippen LogP contribution in [0.1, 0.15) is 24.4 Å². The summed E-state index contributed by atoms with van der Waals surface area (Å²) in [6.45, 7) is 0. The van der Waals surface area contributed by atoms with Crippen LogP contribution in [0.2, 0.25) is 0 Å². The van der Waals surface area contributed by atoms with Crippen molar-refractivity contribution in [2.24, 2.45) is 5.14 Å². The van der Waals surface area contributed by atoms with E-state index >= 15 is 0 Å². The highest BCUT2D eigenvalue weighted by atomic mass is 79.9. The summed E-state index contributed by atoms with van der Waals surface area (Å²) in [5.41, 5.74) is 1.05. The maximum absolute atomic E-state index is 12.6. The van der Waals surface area contributed by atoms with Crippen LogP contribution >= 0.6 is 15.9 Å². The second-order valence-corrected chi connectivity index (χ2v) is 9.58.